The summed E-state index contributed by atoms with van der Waals surface area (Å²) in [5, 5.41) is 8.65. The van der Waals surface area contributed by atoms with Crippen LogP contribution in [-0.2, 0) is 14.6 Å². The molecule has 0 atom stereocenters. The first-order chi connectivity index (χ1) is 7.44. The van der Waals surface area contributed by atoms with Gasteiger partial charge in [-0.25, -0.2) is 8.42 Å². The zero-order chi connectivity index (χ0) is 12.2. The van der Waals surface area contributed by atoms with Gasteiger partial charge in [0.05, 0.1) is 6.07 Å². The molecule has 1 aliphatic carbocycles. The first kappa shape index (κ1) is 13.0. The van der Waals surface area contributed by atoms with E-state index in [0.29, 0.717) is 0 Å². The average Bonchev–Trinajstić information content (AvgIpc) is 2.63. The molecule has 0 aromatic rings. The number of hydrogen-bond donors (Lipinski definition) is 0. The second-order valence-electron chi connectivity index (χ2n) is 4.19. The lowest BCUT2D eigenvalue weighted by Gasteiger charge is -2.26. The Bertz CT molecular complexity index is 391. The summed E-state index contributed by atoms with van der Waals surface area (Å²) in [4.78, 5) is 13.1. The Morgan fingerprint density at radius 3 is 2.44 bits per heavy atom. The van der Waals surface area contributed by atoms with E-state index in [0.717, 1.165) is 31.9 Å². The third-order valence-corrected chi connectivity index (χ3v) is 3.48. The fourth-order valence-corrected chi connectivity index (χ4v) is 2.63. The molecule has 0 unspecified atom stereocenters. The third kappa shape index (κ3) is 3.81. The molecular weight excluding hydrogens is 228 g/mol. The lowest BCUT2D eigenvalue weighted by molar-refractivity contribution is -0.129. The maximum atomic E-state index is 11.7. The SMILES string of the molecule is CS(=O)(=O)CC(=O)N(CC#N)C1CCCC1. The molecule has 16 heavy (non-hydrogen) atoms. The normalized spacial score (nSPS) is 17.0. The summed E-state index contributed by atoms with van der Waals surface area (Å²) in [6.45, 7) is -0.0149. The molecular formula is C10H16N2O3S. The van der Waals surface area contributed by atoms with Crippen LogP contribution in [0.5, 0.6) is 0 Å². The van der Waals surface area contributed by atoms with Crippen LogP contribution in [0.3, 0.4) is 0 Å². The van der Waals surface area contributed by atoms with E-state index in [1.165, 1.54) is 4.90 Å². The Morgan fingerprint density at radius 2 is 2.00 bits per heavy atom. The molecule has 1 fully saturated rings. The number of rotatable bonds is 4. The lowest BCUT2D eigenvalue weighted by atomic mass is 10.2. The van der Waals surface area contributed by atoms with Crippen LogP contribution in [0.15, 0.2) is 0 Å². The van der Waals surface area contributed by atoms with Crippen LogP contribution in [0.25, 0.3) is 0 Å². The molecule has 0 radical (unpaired) electrons. The van der Waals surface area contributed by atoms with Crippen LogP contribution < -0.4 is 0 Å². The zero-order valence-corrected chi connectivity index (χ0v) is 10.2. The summed E-state index contributed by atoms with van der Waals surface area (Å²) in [6, 6.07) is 1.97. The second-order valence-corrected chi connectivity index (χ2v) is 6.33. The van der Waals surface area contributed by atoms with Gasteiger partial charge in [-0.2, -0.15) is 5.26 Å². The Hall–Kier alpha value is -1.09. The Labute approximate surface area is 96.0 Å². The van der Waals surface area contributed by atoms with E-state index in [2.05, 4.69) is 0 Å². The van der Waals surface area contributed by atoms with Crippen LogP contribution in [0.1, 0.15) is 25.7 Å². The van der Waals surface area contributed by atoms with Gasteiger partial charge in [0.15, 0.2) is 9.84 Å². The van der Waals surface area contributed by atoms with E-state index < -0.39 is 21.5 Å². The maximum absolute atomic E-state index is 11.7. The van der Waals surface area contributed by atoms with Crippen molar-refractivity contribution in [3.8, 4) is 6.07 Å². The molecule has 1 saturated carbocycles. The van der Waals surface area contributed by atoms with E-state index in [1.807, 2.05) is 6.07 Å². The van der Waals surface area contributed by atoms with Gasteiger partial charge in [0.1, 0.15) is 12.3 Å². The van der Waals surface area contributed by atoms with Gasteiger partial charge in [-0.05, 0) is 12.8 Å². The minimum atomic E-state index is -3.32. The van der Waals surface area contributed by atoms with Crippen molar-refractivity contribution in [3.63, 3.8) is 0 Å². The fourth-order valence-electron chi connectivity index (χ4n) is 2.02. The van der Waals surface area contributed by atoms with Crippen LogP contribution >= 0.6 is 0 Å². The van der Waals surface area contributed by atoms with Crippen molar-refractivity contribution >= 4 is 15.7 Å². The van der Waals surface area contributed by atoms with Gasteiger partial charge in [-0.15, -0.1) is 0 Å². The molecule has 5 nitrogen and oxygen atoms in total. The number of hydrogen-bond acceptors (Lipinski definition) is 4. The van der Waals surface area contributed by atoms with E-state index in [1.54, 1.807) is 0 Å². The van der Waals surface area contributed by atoms with Gasteiger partial charge in [-0.3, -0.25) is 4.79 Å². The van der Waals surface area contributed by atoms with Crippen LogP contribution in [0.2, 0.25) is 0 Å². The quantitative estimate of drug-likeness (QED) is 0.667. The van der Waals surface area contributed by atoms with Crippen molar-refractivity contribution < 1.29 is 13.2 Å². The van der Waals surface area contributed by atoms with E-state index in [4.69, 9.17) is 5.26 Å². The highest BCUT2D eigenvalue weighted by molar-refractivity contribution is 7.91. The average molecular weight is 244 g/mol. The number of nitrogens with zero attached hydrogens (tertiary/aromatic N) is 2. The van der Waals surface area contributed by atoms with E-state index in [9.17, 15) is 13.2 Å². The third-order valence-electron chi connectivity index (χ3n) is 2.71. The van der Waals surface area contributed by atoms with Crippen molar-refractivity contribution in [1.29, 1.82) is 5.26 Å². The van der Waals surface area contributed by atoms with Crippen molar-refractivity contribution in [2.75, 3.05) is 18.6 Å². The van der Waals surface area contributed by atoms with E-state index >= 15 is 0 Å². The lowest BCUT2D eigenvalue weighted by Crippen LogP contribution is -2.42. The molecule has 0 aliphatic heterocycles. The van der Waals surface area contributed by atoms with Crippen LogP contribution in [-0.4, -0.2) is 43.8 Å². The topological polar surface area (TPSA) is 78.2 Å². The van der Waals surface area contributed by atoms with Gasteiger partial charge in [-0.1, -0.05) is 12.8 Å². The summed E-state index contributed by atoms with van der Waals surface area (Å²) in [5.74, 6) is -0.943. The predicted octanol–water partition coefficient (Wildman–Crippen LogP) is 0.326. The molecule has 0 bridgehead atoms. The predicted molar refractivity (Wildman–Crippen MR) is 59.3 cm³/mol. The van der Waals surface area contributed by atoms with Gasteiger partial charge in [0.25, 0.3) is 0 Å². The highest BCUT2D eigenvalue weighted by Crippen LogP contribution is 2.23. The number of carbonyl (C=O) groups is 1. The van der Waals surface area contributed by atoms with Gasteiger partial charge >= 0.3 is 0 Å². The summed E-state index contributed by atoms with van der Waals surface area (Å²) in [6.07, 6.45) is 4.86. The van der Waals surface area contributed by atoms with E-state index in [-0.39, 0.29) is 12.6 Å². The molecule has 1 aliphatic rings. The second kappa shape index (κ2) is 5.30. The minimum Gasteiger partial charge on any atom is -0.326 e. The molecule has 0 saturated heterocycles. The van der Waals surface area contributed by atoms with Crippen LogP contribution in [0, 0.1) is 11.3 Å². The van der Waals surface area contributed by atoms with Gasteiger partial charge in [0.2, 0.25) is 5.91 Å². The molecule has 1 amide bonds. The Balaban J connectivity index is 2.69. The maximum Gasteiger partial charge on any atom is 0.238 e. The van der Waals surface area contributed by atoms with Gasteiger partial charge < -0.3 is 4.90 Å². The summed E-state index contributed by atoms with van der Waals surface area (Å²) >= 11 is 0. The van der Waals surface area contributed by atoms with Crippen LogP contribution in [0.4, 0.5) is 0 Å². The highest BCUT2D eigenvalue weighted by Gasteiger charge is 2.27. The number of amides is 1. The summed E-state index contributed by atoms with van der Waals surface area (Å²) < 4.78 is 22.1. The zero-order valence-electron chi connectivity index (χ0n) is 9.35. The van der Waals surface area contributed by atoms with Crippen molar-refractivity contribution in [2.45, 2.75) is 31.7 Å². The molecule has 0 aromatic heterocycles. The minimum absolute atomic E-state index is 0.0149. The summed E-state index contributed by atoms with van der Waals surface area (Å²) in [5.41, 5.74) is 0. The van der Waals surface area contributed by atoms with Gasteiger partial charge in [0, 0.05) is 12.3 Å². The molecule has 0 heterocycles. The molecule has 0 aromatic carbocycles. The number of nitriles is 1. The number of sulfone groups is 1. The fraction of sp³-hybridized carbons (Fsp3) is 0.800. The standard InChI is InChI=1S/C10H16N2O3S/c1-16(14,15)8-10(13)12(7-6-11)9-4-2-3-5-9/h9H,2-5,7-8H2,1H3. The monoisotopic (exact) mass is 244 g/mol. The molecule has 6 heteroatoms. The molecule has 0 spiro atoms. The Kier molecular flexibility index (Phi) is 4.30. The summed E-state index contributed by atoms with van der Waals surface area (Å²) in [7, 11) is -3.32. The first-order valence-electron chi connectivity index (χ1n) is 5.28. The molecule has 0 N–H and O–H groups in total. The first-order valence-corrected chi connectivity index (χ1v) is 7.34. The van der Waals surface area contributed by atoms with Crippen molar-refractivity contribution in [1.82, 2.24) is 4.90 Å². The molecule has 1 rings (SSSR count). The van der Waals surface area contributed by atoms with Crippen molar-refractivity contribution in [2.24, 2.45) is 0 Å². The number of carbonyl (C=O) groups excluding carboxylic acids is 1. The van der Waals surface area contributed by atoms with Crippen molar-refractivity contribution in [3.05, 3.63) is 0 Å². The smallest absolute Gasteiger partial charge is 0.238 e. The highest BCUT2D eigenvalue weighted by atomic mass is 32.2. The Morgan fingerprint density at radius 1 is 1.44 bits per heavy atom. The largest absolute Gasteiger partial charge is 0.326 e. The molecule has 90 valence electrons.